The van der Waals surface area contributed by atoms with E-state index < -0.39 is 41.3 Å². The summed E-state index contributed by atoms with van der Waals surface area (Å²) in [6, 6.07) is 9.68. The van der Waals surface area contributed by atoms with Crippen LogP contribution in [-0.2, 0) is 32.5 Å². The summed E-state index contributed by atoms with van der Waals surface area (Å²) < 4.78 is 40.2. The molecule has 3 aromatic rings. The second-order valence-corrected chi connectivity index (χ2v) is 8.59. The third-order valence-corrected chi connectivity index (χ3v) is 6.30. The number of nitrogens with zero attached hydrogens (tertiary/aromatic N) is 4. The van der Waals surface area contributed by atoms with Gasteiger partial charge in [-0.1, -0.05) is 24.3 Å². The highest BCUT2D eigenvalue weighted by atomic mass is 19.4. The van der Waals surface area contributed by atoms with E-state index in [-0.39, 0.29) is 25.1 Å². The standard InChI is InChI=1S/C25H23F3N4O3/c1-3-32-22(34)14-24(23(32)35,17-5-4-6-18(12-17)25(26,27)28)13-21(33)31(2)15-16-7-8-19-20(11-16)30-10-9-29-19/h4-12H,3,13-15H2,1-2H3/t24-/m1/s1. The van der Waals surface area contributed by atoms with Crippen LogP contribution in [-0.4, -0.2) is 51.1 Å². The molecule has 0 unspecified atom stereocenters. The second kappa shape index (κ2) is 9.09. The molecule has 0 bridgehead atoms. The van der Waals surface area contributed by atoms with Gasteiger partial charge >= 0.3 is 6.18 Å². The van der Waals surface area contributed by atoms with E-state index in [9.17, 15) is 27.6 Å². The maximum Gasteiger partial charge on any atom is 0.416 e. The summed E-state index contributed by atoms with van der Waals surface area (Å²) in [4.78, 5) is 50.0. The first-order chi connectivity index (χ1) is 16.5. The van der Waals surface area contributed by atoms with Crippen molar-refractivity contribution in [3.05, 3.63) is 71.5 Å². The fourth-order valence-corrected chi connectivity index (χ4v) is 4.44. The number of likely N-dealkylation sites (N-methyl/N-ethyl adjacent to an activating group) is 1. The predicted molar refractivity (Wildman–Crippen MR) is 121 cm³/mol. The van der Waals surface area contributed by atoms with Crippen molar-refractivity contribution in [3.8, 4) is 0 Å². The van der Waals surface area contributed by atoms with Crippen molar-refractivity contribution in [2.75, 3.05) is 13.6 Å². The summed E-state index contributed by atoms with van der Waals surface area (Å²) in [7, 11) is 1.54. The van der Waals surface area contributed by atoms with Crippen molar-refractivity contribution < 1.29 is 27.6 Å². The van der Waals surface area contributed by atoms with E-state index in [0.29, 0.717) is 11.0 Å². The van der Waals surface area contributed by atoms with Gasteiger partial charge in [-0.25, -0.2) is 0 Å². The molecule has 1 saturated heterocycles. The first kappa shape index (κ1) is 24.3. The molecule has 2 heterocycles. The molecule has 2 aromatic carbocycles. The largest absolute Gasteiger partial charge is 0.416 e. The van der Waals surface area contributed by atoms with Crippen molar-refractivity contribution in [3.63, 3.8) is 0 Å². The molecule has 1 atom stereocenters. The van der Waals surface area contributed by atoms with Crippen LogP contribution in [0.2, 0.25) is 0 Å². The molecule has 0 radical (unpaired) electrons. The maximum atomic E-state index is 13.4. The lowest BCUT2D eigenvalue weighted by Crippen LogP contribution is -2.42. The average Bonchev–Trinajstić information content (AvgIpc) is 3.07. The number of hydrogen-bond acceptors (Lipinski definition) is 5. The molecule has 10 heteroatoms. The first-order valence-electron chi connectivity index (χ1n) is 11.0. The number of benzene rings is 2. The van der Waals surface area contributed by atoms with E-state index in [2.05, 4.69) is 9.97 Å². The number of alkyl halides is 3. The molecule has 1 fully saturated rings. The highest BCUT2D eigenvalue weighted by molar-refractivity contribution is 6.10. The van der Waals surface area contributed by atoms with Gasteiger partial charge in [-0.3, -0.25) is 29.3 Å². The van der Waals surface area contributed by atoms with Crippen molar-refractivity contribution in [1.29, 1.82) is 0 Å². The van der Waals surface area contributed by atoms with E-state index in [1.54, 1.807) is 44.6 Å². The molecule has 4 rings (SSSR count). The Balaban J connectivity index is 1.65. The van der Waals surface area contributed by atoms with Gasteiger partial charge in [0.2, 0.25) is 17.7 Å². The van der Waals surface area contributed by atoms with Gasteiger partial charge in [-0.2, -0.15) is 13.2 Å². The molecule has 0 saturated carbocycles. The van der Waals surface area contributed by atoms with Crippen molar-refractivity contribution in [2.24, 2.45) is 0 Å². The van der Waals surface area contributed by atoms with Gasteiger partial charge < -0.3 is 4.90 Å². The summed E-state index contributed by atoms with van der Waals surface area (Å²) in [5.74, 6) is -1.65. The Kier molecular flexibility index (Phi) is 6.31. The Morgan fingerprint density at radius 3 is 2.46 bits per heavy atom. The summed E-state index contributed by atoms with van der Waals surface area (Å²) in [6.07, 6.45) is -2.30. The van der Waals surface area contributed by atoms with Crippen LogP contribution in [0.4, 0.5) is 13.2 Å². The number of carbonyl (C=O) groups is 3. The van der Waals surface area contributed by atoms with Gasteiger partial charge in [-0.05, 0) is 36.2 Å². The number of likely N-dealkylation sites (tertiary alicyclic amines) is 1. The van der Waals surface area contributed by atoms with Gasteiger partial charge in [-0.15, -0.1) is 0 Å². The molecule has 35 heavy (non-hydrogen) atoms. The van der Waals surface area contributed by atoms with Crippen LogP contribution in [0.25, 0.3) is 11.0 Å². The van der Waals surface area contributed by atoms with Crippen LogP contribution in [0, 0.1) is 0 Å². The molecule has 0 aliphatic carbocycles. The van der Waals surface area contributed by atoms with E-state index >= 15 is 0 Å². The topological polar surface area (TPSA) is 83.5 Å². The van der Waals surface area contributed by atoms with Gasteiger partial charge in [0, 0.05) is 45.4 Å². The number of amides is 3. The lowest BCUT2D eigenvalue weighted by atomic mass is 9.75. The number of hydrogen-bond donors (Lipinski definition) is 0. The summed E-state index contributed by atoms with van der Waals surface area (Å²) in [6.45, 7) is 1.86. The SMILES string of the molecule is CCN1C(=O)C[C@](CC(=O)N(C)Cc2ccc3nccnc3c2)(c2cccc(C(F)(F)F)c2)C1=O. The number of aromatic nitrogens is 2. The van der Waals surface area contributed by atoms with Crippen LogP contribution in [0.1, 0.15) is 36.5 Å². The minimum Gasteiger partial charge on any atom is -0.341 e. The zero-order valence-corrected chi connectivity index (χ0v) is 19.2. The zero-order chi connectivity index (χ0) is 25.4. The maximum absolute atomic E-state index is 13.4. The Labute approximate surface area is 199 Å². The quantitative estimate of drug-likeness (QED) is 0.498. The minimum atomic E-state index is -4.63. The Bertz CT molecular complexity index is 1310. The second-order valence-electron chi connectivity index (χ2n) is 8.59. The molecule has 0 spiro atoms. The van der Waals surface area contributed by atoms with Crippen molar-refractivity contribution >= 4 is 28.8 Å². The molecule has 3 amide bonds. The van der Waals surface area contributed by atoms with Gasteiger partial charge in [0.1, 0.15) is 0 Å². The lowest BCUT2D eigenvalue weighted by Gasteiger charge is -2.29. The Morgan fingerprint density at radius 2 is 1.80 bits per heavy atom. The first-order valence-corrected chi connectivity index (χ1v) is 11.0. The van der Waals surface area contributed by atoms with Crippen LogP contribution >= 0.6 is 0 Å². The van der Waals surface area contributed by atoms with E-state index in [0.717, 1.165) is 22.6 Å². The number of rotatable bonds is 6. The van der Waals surface area contributed by atoms with Gasteiger partial charge in [0.25, 0.3) is 0 Å². The van der Waals surface area contributed by atoms with Crippen LogP contribution in [0.15, 0.2) is 54.9 Å². The smallest absolute Gasteiger partial charge is 0.341 e. The third-order valence-electron chi connectivity index (χ3n) is 6.30. The number of carbonyl (C=O) groups excluding carboxylic acids is 3. The van der Waals surface area contributed by atoms with Crippen LogP contribution in [0.3, 0.4) is 0 Å². The molecular formula is C25H23F3N4O3. The van der Waals surface area contributed by atoms with Crippen molar-refractivity contribution in [2.45, 2.75) is 37.9 Å². The predicted octanol–water partition coefficient (Wildman–Crippen LogP) is 3.71. The minimum absolute atomic E-state index is 0.00403. The Hall–Kier alpha value is -3.82. The van der Waals surface area contributed by atoms with Crippen LogP contribution < -0.4 is 0 Å². The molecule has 1 aliphatic heterocycles. The Morgan fingerprint density at radius 1 is 1.09 bits per heavy atom. The fourth-order valence-electron chi connectivity index (χ4n) is 4.44. The summed E-state index contributed by atoms with van der Waals surface area (Å²) in [5.41, 5.74) is -0.517. The monoisotopic (exact) mass is 484 g/mol. The number of fused-ring (bicyclic) bond motifs is 1. The summed E-state index contributed by atoms with van der Waals surface area (Å²) in [5, 5.41) is 0. The average molecular weight is 484 g/mol. The number of imide groups is 1. The third kappa shape index (κ3) is 4.60. The van der Waals surface area contributed by atoms with Crippen molar-refractivity contribution in [1.82, 2.24) is 19.8 Å². The molecule has 0 N–H and O–H groups in total. The number of halogens is 3. The molecule has 182 valence electrons. The molecule has 1 aromatic heterocycles. The highest BCUT2D eigenvalue weighted by Crippen LogP contribution is 2.42. The van der Waals surface area contributed by atoms with Crippen LogP contribution in [0.5, 0.6) is 0 Å². The highest BCUT2D eigenvalue weighted by Gasteiger charge is 2.54. The van der Waals surface area contributed by atoms with Gasteiger partial charge in [0.05, 0.1) is 22.0 Å². The molecular weight excluding hydrogens is 461 g/mol. The van der Waals surface area contributed by atoms with E-state index in [1.807, 2.05) is 0 Å². The summed E-state index contributed by atoms with van der Waals surface area (Å²) >= 11 is 0. The lowest BCUT2D eigenvalue weighted by molar-refractivity contribution is -0.142. The fraction of sp³-hybridized carbons (Fsp3) is 0.320. The molecule has 7 nitrogen and oxygen atoms in total. The van der Waals surface area contributed by atoms with Gasteiger partial charge in [0.15, 0.2) is 0 Å². The normalized spacial score (nSPS) is 18.4. The van der Waals surface area contributed by atoms with E-state index in [1.165, 1.54) is 17.0 Å². The van der Waals surface area contributed by atoms with E-state index in [4.69, 9.17) is 0 Å². The zero-order valence-electron chi connectivity index (χ0n) is 19.2. The molecule has 1 aliphatic rings.